The highest BCUT2D eigenvalue weighted by Gasteiger charge is 2.07. The van der Waals surface area contributed by atoms with Gasteiger partial charge in [-0.05, 0) is 6.07 Å². The molecule has 4 nitrogen and oxygen atoms in total. The predicted molar refractivity (Wildman–Crippen MR) is 58.9 cm³/mol. The van der Waals surface area contributed by atoms with Gasteiger partial charge >= 0.3 is 0 Å². The standard InChI is InChI=1S/C9H11N3O.ClH/c1-12-5-11-7-3-6(10)4-8(13-2)9(7)12;/h3-5H,10H2,1-2H3;1H. The molecule has 0 saturated heterocycles. The van der Waals surface area contributed by atoms with Crippen LogP contribution in [0.1, 0.15) is 0 Å². The summed E-state index contributed by atoms with van der Waals surface area (Å²) in [5, 5.41) is 0. The fourth-order valence-electron chi connectivity index (χ4n) is 1.43. The number of nitrogen functional groups attached to an aromatic ring is 1. The molecule has 14 heavy (non-hydrogen) atoms. The number of nitrogens with zero attached hydrogens (tertiary/aromatic N) is 2. The highest BCUT2D eigenvalue weighted by molar-refractivity contribution is 5.85. The summed E-state index contributed by atoms with van der Waals surface area (Å²) in [5.41, 5.74) is 8.18. The Kier molecular flexibility index (Phi) is 2.86. The van der Waals surface area contributed by atoms with Gasteiger partial charge in [0.25, 0.3) is 0 Å². The van der Waals surface area contributed by atoms with E-state index >= 15 is 0 Å². The normalized spacial score (nSPS) is 9.86. The molecule has 0 saturated carbocycles. The number of fused-ring (bicyclic) bond motifs is 1. The van der Waals surface area contributed by atoms with Gasteiger partial charge in [0.15, 0.2) is 0 Å². The molecule has 0 aliphatic heterocycles. The molecule has 0 amide bonds. The molecule has 2 aromatic rings. The molecule has 0 fully saturated rings. The second kappa shape index (κ2) is 3.75. The van der Waals surface area contributed by atoms with Crippen LogP contribution in [0.5, 0.6) is 5.75 Å². The second-order valence-corrected chi connectivity index (χ2v) is 2.95. The van der Waals surface area contributed by atoms with Gasteiger partial charge in [0.2, 0.25) is 0 Å². The second-order valence-electron chi connectivity index (χ2n) is 2.95. The van der Waals surface area contributed by atoms with Crippen molar-refractivity contribution in [3.63, 3.8) is 0 Å². The number of ether oxygens (including phenoxy) is 1. The van der Waals surface area contributed by atoms with Crippen molar-refractivity contribution in [2.24, 2.45) is 7.05 Å². The maximum absolute atomic E-state index is 5.68. The van der Waals surface area contributed by atoms with Crippen LogP contribution in [0.4, 0.5) is 5.69 Å². The van der Waals surface area contributed by atoms with Gasteiger partial charge < -0.3 is 15.0 Å². The van der Waals surface area contributed by atoms with Gasteiger partial charge in [-0.2, -0.15) is 0 Å². The number of benzene rings is 1. The topological polar surface area (TPSA) is 53.1 Å². The molecule has 76 valence electrons. The van der Waals surface area contributed by atoms with Crippen LogP contribution in [-0.4, -0.2) is 16.7 Å². The van der Waals surface area contributed by atoms with Crippen LogP contribution in [0.2, 0.25) is 0 Å². The fourth-order valence-corrected chi connectivity index (χ4v) is 1.43. The molecule has 2 N–H and O–H groups in total. The Labute approximate surface area is 88.1 Å². The van der Waals surface area contributed by atoms with Crippen molar-refractivity contribution in [2.75, 3.05) is 12.8 Å². The third-order valence-corrected chi connectivity index (χ3v) is 2.02. The van der Waals surface area contributed by atoms with Gasteiger partial charge in [0.05, 0.1) is 19.0 Å². The number of halogens is 1. The Hall–Kier alpha value is -1.42. The van der Waals surface area contributed by atoms with Crippen LogP contribution >= 0.6 is 12.4 Å². The molecular formula is C9H12ClN3O. The number of aromatic nitrogens is 2. The highest BCUT2D eigenvalue weighted by atomic mass is 35.5. The molecule has 0 unspecified atom stereocenters. The third-order valence-electron chi connectivity index (χ3n) is 2.02. The van der Waals surface area contributed by atoms with E-state index in [4.69, 9.17) is 10.5 Å². The molecule has 0 radical (unpaired) electrons. The lowest BCUT2D eigenvalue weighted by Gasteiger charge is -2.04. The van der Waals surface area contributed by atoms with E-state index in [0.717, 1.165) is 16.8 Å². The molecule has 0 aliphatic rings. The van der Waals surface area contributed by atoms with E-state index in [0.29, 0.717) is 5.69 Å². The first-order valence-electron chi connectivity index (χ1n) is 3.97. The van der Waals surface area contributed by atoms with Crippen LogP contribution in [0.25, 0.3) is 11.0 Å². The van der Waals surface area contributed by atoms with Gasteiger partial charge in [-0.1, -0.05) is 0 Å². The Balaban J connectivity index is 0.000000980. The van der Waals surface area contributed by atoms with Crippen LogP contribution in [-0.2, 0) is 7.05 Å². The number of nitrogens with two attached hydrogens (primary N) is 1. The lowest BCUT2D eigenvalue weighted by atomic mass is 10.2. The Bertz CT molecular complexity index is 452. The van der Waals surface area contributed by atoms with E-state index in [2.05, 4.69) is 4.98 Å². The van der Waals surface area contributed by atoms with E-state index in [1.54, 1.807) is 19.5 Å². The molecule has 2 rings (SSSR count). The lowest BCUT2D eigenvalue weighted by Crippen LogP contribution is -1.92. The number of methoxy groups -OCH3 is 1. The van der Waals surface area contributed by atoms with E-state index in [-0.39, 0.29) is 12.4 Å². The smallest absolute Gasteiger partial charge is 0.146 e. The maximum Gasteiger partial charge on any atom is 0.146 e. The molecule has 0 spiro atoms. The molecule has 0 aliphatic carbocycles. The van der Waals surface area contributed by atoms with Crippen LogP contribution in [0, 0.1) is 0 Å². The van der Waals surface area contributed by atoms with Crippen LogP contribution < -0.4 is 10.5 Å². The summed E-state index contributed by atoms with van der Waals surface area (Å²) < 4.78 is 7.12. The summed E-state index contributed by atoms with van der Waals surface area (Å²) in [4.78, 5) is 4.19. The van der Waals surface area contributed by atoms with E-state index in [1.165, 1.54) is 0 Å². The van der Waals surface area contributed by atoms with Crippen molar-refractivity contribution in [3.05, 3.63) is 18.5 Å². The lowest BCUT2D eigenvalue weighted by molar-refractivity contribution is 0.418. The van der Waals surface area contributed by atoms with Crippen molar-refractivity contribution in [1.82, 2.24) is 9.55 Å². The van der Waals surface area contributed by atoms with Gasteiger partial charge in [-0.3, -0.25) is 0 Å². The summed E-state index contributed by atoms with van der Waals surface area (Å²) >= 11 is 0. The molecule has 0 atom stereocenters. The number of anilines is 1. The molecule has 1 heterocycles. The molecule has 5 heteroatoms. The molecule has 1 aromatic carbocycles. The SMILES string of the molecule is COc1cc(N)cc2ncn(C)c12.Cl. The van der Waals surface area contributed by atoms with Crippen molar-refractivity contribution >= 4 is 29.1 Å². The number of hydrogen-bond donors (Lipinski definition) is 1. The summed E-state index contributed by atoms with van der Waals surface area (Å²) in [7, 11) is 3.55. The predicted octanol–water partition coefficient (Wildman–Crippen LogP) is 1.59. The van der Waals surface area contributed by atoms with Gasteiger partial charge in [0, 0.05) is 18.8 Å². The molecular weight excluding hydrogens is 202 g/mol. The monoisotopic (exact) mass is 213 g/mol. The number of rotatable bonds is 1. The van der Waals surface area contributed by atoms with E-state index in [1.807, 2.05) is 17.7 Å². The van der Waals surface area contributed by atoms with Gasteiger partial charge in [-0.15, -0.1) is 12.4 Å². The quantitative estimate of drug-likeness (QED) is 0.732. The largest absolute Gasteiger partial charge is 0.494 e. The minimum Gasteiger partial charge on any atom is -0.494 e. The highest BCUT2D eigenvalue weighted by Crippen LogP contribution is 2.27. The van der Waals surface area contributed by atoms with Crippen molar-refractivity contribution in [3.8, 4) is 5.75 Å². The van der Waals surface area contributed by atoms with E-state index in [9.17, 15) is 0 Å². The zero-order valence-electron chi connectivity index (χ0n) is 8.02. The summed E-state index contributed by atoms with van der Waals surface area (Å²) in [6, 6.07) is 3.63. The molecule has 0 bridgehead atoms. The number of hydrogen-bond acceptors (Lipinski definition) is 3. The van der Waals surface area contributed by atoms with Crippen molar-refractivity contribution in [1.29, 1.82) is 0 Å². The summed E-state index contributed by atoms with van der Waals surface area (Å²) in [6.45, 7) is 0. The first kappa shape index (κ1) is 10.7. The first-order chi connectivity index (χ1) is 6.22. The fraction of sp³-hybridized carbons (Fsp3) is 0.222. The average molecular weight is 214 g/mol. The summed E-state index contributed by atoms with van der Waals surface area (Å²) in [5.74, 6) is 0.759. The third kappa shape index (κ3) is 1.48. The zero-order chi connectivity index (χ0) is 9.42. The Morgan fingerprint density at radius 1 is 1.43 bits per heavy atom. The van der Waals surface area contributed by atoms with Crippen molar-refractivity contribution in [2.45, 2.75) is 0 Å². The minimum atomic E-state index is 0. The average Bonchev–Trinajstić information content (AvgIpc) is 2.46. The minimum absolute atomic E-state index is 0. The summed E-state index contributed by atoms with van der Waals surface area (Å²) in [6.07, 6.45) is 1.74. The first-order valence-corrected chi connectivity index (χ1v) is 3.97. The number of imidazole rings is 1. The van der Waals surface area contributed by atoms with Gasteiger partial charge in [-0.25, -0.2) is 4.98 Å². The zero-order valence-corrected chi connectivity index (χ0v) is 8.84. The molecule has 1 aromatic heterocycles. The Morgan fingerprint density at radius 3 is 2.79 bits per heavy atom. The Morgan fingerprint density at radius 2 is 2.14 bits per heavy atom. The number of aryl methyl sites for hydroxylation is 1. The van der Waals surface area contributed by atoms with Gasteiger partial charge in [0.1, 0.15) is 11.3 Å². The van der Waals surface area contributed by atoms with E-state index < -0.39 is 0 Å². The van der Waals surface area contributed by atoms with Crippen LogP contribution in [0.15, 0.2) is 18.5 Å². The van der Waals surface area contributed by atoms with Crippen LogP contribution in [0.3, 0.4) is 0 Å². The maximum atomic E-state index is 5.68. The van der Waals surface area contributed by atoms with Crippen molar-refractivity contribution < 1.29 is 4.74 Å².